The number of rotatable bonds is 5. The summed E-state index contributed by atoms with van der Waals surface area (Å²) >= 11 is 1.33. The van der Waals surface area contributed by atoms with Crippen LogP contribution in [0.25, 0.3) is 0 Å². The fourth-order valence-corrected chi connectivity index (χ4v) is 2.04. The number of amides is 1. The lowest BCUT2D eigenvalue weighted by Crippen LogP contribution is -2.11. The third-order valence-electron chi connectivity index (χ3n) is 2.21. The zero-order valence-electron chi connectivity index (χ0n) is 9.81. The van der Waals surface area contributed by atoms with Gasteiger partial charge in [-0.3, -0.25) is 4.79 Å². The average molecular weight is 283 g/mol. The van der Waals surface area contributed by atoms with Gasteiger partial charge in [-0.15, -0.1) is 11.3 Å². The van der Waals surface area contributed by atoms with Gasteiger partial charge >= 0.3 is 0 Å². The lowest BCUT2D eigenvalue weighted by Gasteiger charge is -2.08. The molecule has 6 heteroatoms. The molecular weight excluding hydrogens is 272 g/mol. The van der Waals surface area contributed by atoms with E-state index in [1.807, 2.05) is 0 Å². The van der Waals surface area contributed by atoms with E-state index in [9.17, 15) is 13.6 Å². The second-order valence-corrected chi connectivity index (χ2v) is 4.61. The summed E-state index contributed by atoms with van der Waals surface area (Å²) in [5, 5.41) is 4.48. The minimum absolute atomic E-state index is 0.235. The Kier molecular flexibility index (Phi) is 4.46. The SMILES string of the molecule is O=C(Nc1cccc(OCC(F)F)c1)c1cccs1. The third kappa shape index (κ3) is 4.03. The van der Waals surface area contributed by atoms with E-state index in [4.69, 9.17) is 4.74 Å². The van der Waals surface area contributed by atoms with Crippen molar-refractivity contribution in [3.63, 3.8) is 0 Å². The Balaban J connectivity index is 2.01. The van der Waals surface area contributed by atoms with Crippen molar-refractivity contribution in [3.05, 3.63) is 46.7 Å². The predicted molar refractivity (Wildman–Crippen MR) is 70.2 cm³/mol. The molecule has 2 aromatic rings. The monoisotopic (exact) mass is 283 g/mol. The minimum Gasteiger partial charge on any atom is -0.488 e. The molecule has 1 amide bonds. The average Bonchev–Trinajstić information content (AvgIpc) is 2.91. The van der Waals surface area contributed by atoms with Crippen molar-refractivity contribution in [2.24, 2.45) is 0 Å². The van der Waals surface area contributed by atoms with Gasteiger partial charge in [-0.1, -0.05) is 12.1 Å². The Morgan fingerprint density at radius 2 is 2.16 bits per heavy atom. The maximum atomic E-state index is 12.0. The summed E-state index contributed by atoms with van der Waals surface area (Å²) in [6, 6.07) is 9.85. The van der Waals surface area contributed by atoms with Gasteiger partial charge < -0.3 is 10.1 Å². The van der Waals surface area contributed by atoms with Crippen molar-refractivity contribution in [1.82, 2.24) is 0 Å². The molecule has 0 atom stereocenters. The van der Waals surface area contributed by atoms with Crippen molar-refractivity contribution in [1.29, 1.82) is 0 Å². The van der Waals surface area contributed by atoms with Crippen LogP contribution in [0.15, 0.2) is 41.8 Å². The highest BCUT2D eigenvalue weighted by Gasteiger charge is 2.08. The van der Waals surface area contributed by atoms with Gasteiger partial charge in [0.05, 0.1) is 4.88 Å². The van der Waals surface area contributed by atoms with E-state index < -0.39 is 13.0 Å². The summed E-state index contributed by atoms with van der Waals surface area (Å²) in [6.45, 7) is -0.664. The van der Waals surface area contributed by atoms with E-state index in [2.05, 4.69) is 5.32 Å². The van der Waals surface area contributed by atoms with Crippen LogP contribution in [-0.2, 0) is 0 Å². The minimum atomic E-state index is -2.52. The molecule has 1 N–H and O–H groups in total. The third-order valence-corrected chi connectivity index (χ3v) is 3.08. The summed E-state index contributed by atoms with van der Waals surface area (Å²) in [5.41, 5.74) is 0.505. The normalized spacial score (nSPS) is 10.5. The number of carbonyl (C=O) groups is 1. The van der Waals surface area contributed by atoms with Crippen LogP contribution in [0.1, 0.15) is 9.67 Å². The number of hydrogen-bond acceptors (Lipinski definition) is 3. The summed E-state index contributed by atoms with van der Waals surface area (Å²) < 4.78 is 28.9. The zero-order chi connectivity index (χ0) is 13.7. The second kappa shape index (κ2) is 6.29. The lowest BCUT2D eigenvalue weighted by atomic mass is 10.3. The van der Waals surface area contributed by atoms with Crippen molar-refractivity contribution in [2.45, 2.75) is 6.43 Å². The highest BCUT2D eigenvalue weighted by molar-refractivity contribution is 7.12. The summed E-state index contributed by atoms with van der Waals surface area (Å²) in [5.74, 6) is 0.0605. The first kappa shape index (κ1) is 13.5. The molecule has 100 valence electrons. The summed E-state index contributed by atoms with van der Waals surface area (Å²) in [6.07, 6.45) is -2.52. The first-order valence-corrected chi connectivity index (χ1v) is 6.39. The molecule has 2 rings (SSSR count). The highest BCUT2D eigenvalue weighted by atomic mass is 32.1. The van der Waals surface area contributed by atoms with Crippen molar-refractivity contribution >= 4 is 22.9 Å². The first-order valence-electron chi connectivity index (χ1n) is 5.51. The second-order valence-electron chi connectivity index (χ2n) is 3.66. The number of carbonyl (C=O) groups excluding carboxylic acids is 1. The topological polar surface area (TPSA) is 38.3 Å². The number of ether oxygens (including phenoxy) is 1. The van der Waals surface area contributed by atoms with Gasteiger partial charge in [0.15, 0.2) is 0 Å². The summed E-state index contributed by atoms with van der Waals surface area (Å²) in [7, 11) is 0. The number of nitrogens with one attached hydrogen (secondary N) is 1. The maximum Gasteiger partial charge on any atom is 0.272 e. The predicted octanol–water partition coefficient (Wildman–Crippen LogP) is 3.64. The lowest BCUT2D eigenvalue weighted by molar-refractivity contribution is 0.0819. The van der Waals surface area contributed by atoms with Crippen molar-refractivity contribution in [3.8, 4) is 5.75 Å². The Hall–Kier alpha value is -1.95. The van der Waals surface area contributed by atoms with Crippen molar-refractivity contribution < 1.29 is 18.3 Å². The largest absolute Gasteiger partial charge is 0.488 e. The Bertz CT molecular complexity index is 543. The molecule has 0 aliphatic heterocycles. The van der Waals surface area contributed by atoms with Gasteiger partial charge in [0.1, 0.15) is 12.4 Å². The van der Waals surface area contributed by atoms with Gasteiger partial charge in [0.25, 0.3) is 12.3 Å². The molecule has 3 nitrogen and oxygen atoms in total. The van der Waals surface area contributed by atoms with Gasteiger partial charge in [0, 0.05) is 11.8 Å². The van der Waals surface area contributed by atoms with E-state index >= 15 is 0 Å². The summed E-state index contributed by atoms with van der Waals surface area (Å²) in [4.78, 5) is 12.4. The quantitative estimate of drug-likeness (QED) is 0.909. The molecule has 0 aliphatic rings. The van der Waals surface area contributed by atoms with Crippen LogP contribution in [0.4, 0.5) is 14.5 Å². The number of benzene rings is 1. The van der Waals surface area contributed by atoms with E-state index in [-0.39, 0.29) is 5.91 Å². The molecule has 0 saturated heterocycles. The number of thiophene rings is 1. The number of hydrogen-bond donors (Lipinski definition) is 1. The fraction of sp³-hybridized carbons (Fsp3) is 0.154. The Morgan fingerprint density at radius 3 is 2.84 bits per heavy atom. The van der Waals surface area contributed by atoms with Crippen LogP contribution < -0.4 is 10.1 Å². The molecule has 0 spiro atoms. The first-order chi connectivity index (χ1) is 9.15. The Labute approximate surface area is 112 Å². The number of anilines is 1. The van der Waals surface area contributed by atoms with E-state index in [1.165, 1.54) is 17.4 Å². The molecular formula is C13H11F2NO2S. The van der Waals surface area contributed by atoms with Crippen molar-refractivity contribution in [2.75, 3.05) is 11.9 Å². The standard InChI is InChI=1S/C13H11F2NO2S/c14-12(15)8-18-10-4-1-3-9(7-10)16-13(17)11-5-2-6-19-11/h1-7,12H,8H2,(H,16,17). The highest BCUT2D eigenvalue weighted by Crippen LogP contribution is 2.19. The number of alkyl halides is 2. The molecule has 0 fully saturated rings. The molecule has 0 saturated carbocycles. The van der Waals surface area contributed by atoms with Gasteiger partial charge in [0.2, 0.25) is 0 Å². The molecule has 19 heavy (non-hydrogen) atoms. The van der Waals surface area contributed by atoms with Crippen LogP contribution in [0, 0.1) is 0 Å². The van der Waals surface area contributed by atoms with E-state index in [0.717, 1.165) is 0 Å². The maximum absolute atomic E-state index is 12.0. The fourth-order valence-electron chi connectivity index (χ4n) is 1.42. The van der Waals surface area contributed by atoms with Crippen LogP contribution >= 0.6 is 11.3 Å². The molecule has 1 heterocycles. The van der Waals surface area contributed by atoms with E-state index in [1.54, 1.807) is 35.7 Å². The zero-order valence-corrected chi connectivity index (χ0v) is 10.6. The molecule has 0 radical (unpaired) electrons. The van der Waals surface area contributed by atoms with Gasteiger partial charge in [-0.05, 0) is 23.6 Å². The number of halogens is 2. The van der Waals surface area contributed by atoms with Gasteiger partial charge in [-0.2, -0.15) is 0 Å². The molecule has 0 unspecified atom stereocenters. The van der Waals surface area contributed by atoms with Crippen LogP contribution in [0.3, 0.4) is 0 Å². The molecule has 1 aromatic heterocycles. The van der Waals surface area contributed by atoms with Crippen LogP contribution in [-0.4, -0.2) is 18.9 Å². The van der Waals surface area contributed by atoms with E-state index in [0.29, 0.717) is 16.3 Å². The smallest absolute Gasteiger partial charge is 0.272 e. The molecule has 1 aromatic carbocycles. The van der Waals surface area contributed by atoms with Crippen LogP contribution in [0.5, 0.6) is 5.75 Å². The molecule has 0 aliphatic carbocycles. The van der Waals surface area contributed by atoms with Crippen LogP contribution in [0.2, 0.25) is 0 Å². The van der Waals surface area contributed by atoms with Gasteiger partial charge in [-0.25, -0.2) is 8.78 Å². The molecule has 0 bridgehead atoms. The Morgan fingerprint density at radius 1 is 1.32 bits per heavy atom.